The predicted octanol–water partition coefficient (Wildman–Crippen LogP) is 4.27. The molecule has 0 aliphatic carbocycles. The van der Waals surface area contributed by atoms with Gasteiger partial charge in [-0.3, -0.25) is 0 Å². The minimum Gasteiger partial charge on any atom is -0.508 e. The smallest absolute Gasteiger partial charge is 0.141 e. The molecule has 0 aliphatic heterocycles. The molecule has 4 rings (SSSR count). The Labute approximate surface area is 161 Å². The highest BCUT2D eigenvalue weighted by atomic mass is 16.5. The van der Waals surface area contributed by atoms with E-state index in [4.69, 9.17) is 4.52 Å². The van der Waals surface area contributed by atoms with Gasteiger partial charge in [0.2, 0.25) is 0 Å². The molecule has 0 saturated carbocycles. The fourth-order valence-electron chi connectivity index (χ4n) is 3.67. The number of nitrogens with zero attached hydrogens (tertiary/aromatic N) is 4. The van der Waals surface area contributed by atoms with E-state index in [2.05, 4.69) is 10.3 Å². The Morgan fingerprint density at radius 2 is 1.71 bits per heavy atom. The highest BCUT2D eigenvalue weighted by Gasteiger charge is 2.27. The molecule has 0 saturated heterocycles. The summed E-state index contributed by atoms with van der Waals surface area (Å²) in [5.74, 6) is 1.76. The van der Waals surface area contributed by atoms with Gasteiger partial charge in [0.05, 0.1) is 23.2 Å². The molecule has 0 unspecified atom stereocenters. The van der Waals surface area contributed by atoms with E-state index in [-0.39, 0.29) is 5.75 Å². The number of aromatic nitrogens is 3. The molecule has 0 fully saturated rings. The summed E-state index contributed by atoms with van der Waals surface area (Å²) in [6, 6.07) is 10.9. The van der Waals surface area contributed by atoms with Gasteiger partial charge in [-0.2, -0.15) is 0 Å². The molecular formula is C21H20N4O3. The molecule has 7 nitrogen and oxygen atoms in total. The minimum absolute atomic E-state index is 0.193. The number of phenols is 1. The van der Waals surface area contributed by atoms with Gasteiger partial charge in [-0.25, -0.2) is 0 Å². The van der Waals surface area contributed by atoms with Crippen molar-refractivity contribution in [1.29, 1.82) is 0 Å². The number of hydrogen-bond donors (Lipinski definition) is 2. The zero-order valence-corrected chi connectivity index (χ0v) is 15.8. The summed E-state index contributed by atoms with van der Waals surface area (Å²) in [5.41, 5.74) is 4.99. The van der Waals surface area contributed by atoms with Crippen molar-refractivity contribution >= 4 is 6.21 Å². The summed E-state index contributed by atoms with van der Waals surface area (Å²) in [6.07, 6.45) is 5.32. The average Bonchev–Trinajstić information content (AvgIpc) is 3.37. The molecule has 142 valence electrons. The van der Waals surface area contributed by atoms with Crippen molar-refractivity contribution in [3.63, 3.8) is 0 Å². The second kappa shape index (κ2) is 6.77. The van der Waals surface area contributed by atoms with Crippen LogP contribution < -0.4 is 0 Å². The molecule has 0 atom stereocenters. The fourth-order valence-corrected chi connectivity index (χ4v) is 3.67. The summed E-state index contributed by atoms with van der Waals surface area (Å²) in [6.45, 7) is 3.74. The van der Waals surface area contributed by atoms with Gasteiger partial charge >= 0.3 is 0 Å². The third-order valence-corrected chi connectivity index (χ3v) is 4.88. The van der Waals surface area contributed by atoms with Gasteiger partial charge in [-0.1, -0.05) is 22.4 Å². The van der Waals surface area contributed by atoms with E-state index in [0.717, 1.165) is 33.8 Å². The van der Waals surface area contributed by atoms with Crippen molar-refractivity contribution in [3.05, 3.63) is 65.9 Å². The Morgan fingerprint density at radius 3 is 2.29 bits per heavy atom. The molecule has 3 aromatic heterocycles. The molecule has 3 heterocycles. The third-order valence-electron chi connectivity index (χ3n) is 4.88. The van der Waals surface area contributed by atoms with Crippen molar-refractivity contribution in [2.24, 2.45) is 12.2 Å². The molecule has 0 amide bonds. The Balaban J connectivity index is 2.17. The zero-order valence-electron chi connectivity index (χ0n) is 15.8. The number of benzene rings is 1. The van der Waals surface area contributed by atoms with Crippen molar-refractivity contribution < 1.29 is 14.8 Å². The van der Waals surface area contributed by atoms with Gasteiger partial charge in [-0.15, -0.1) is 0 Å². The number of rotatable bonds is 4. The third kappa shape index (κ3) is 2.68. The maximum atomic E-state index is 9.75. The number of oxime groups is 1. The van der Waals surface area contributed by atoms with Crippen LogP contribution in [-0.4, -0.2) is 30.8 Å². The Hall–Kier alpha value is -3.74. The molecule has 1 aromatic carbocycles. The van der Waals surface area contributed by atoms with E-state index in [1.807, 2.05) is 66.7 Å². The van der Waals surface area contributed by atoms with E-state index in [0.29, 0.717) is 11.5 Å². The van der Waals surface area contributed by atoms with Crippen molar-refractivity contribution in [2.45, 2.75) is 13.8 Å². The monoisotopic (exact) mass is 376 g/mol. The quantitative estimate of drug-likeness (QED) is 0.316. The Bertz CT molecular complexity index is 1130. The van der Waals surface area contributed by atoms with Crippen LogP contribution in [0.4, 0.5) is 0 Å². The summed E-state index contributed by atoms with van der Waals surface area (Å²) < 4.78 is 9.38. The Morgan fingerprint density at radius 1 is 1.04 bits per heavy atom. The standard InChI is InChI=1S/C21H20N4O3/c1-13-18(14(2)28-23-13)20-17(12-22-27)24(3)21(25-10-4-5-11-25)19(20)15-6-8-16(26)9-7-15/h4-12,26-27H,1-3H3/b22-12+. The summed E-state index contributed by atoms with van der Waals surface area (Å²) in [5, 5.41) is 26.5. The van der Waals surface area contributed by atoms with Crippen LogP contribution in [0.25, 0.3) is 28.1 Å². The Kier molecular flexibility index (Phi) is 4.27. The predicted molar refractivity (Wildman–Crippen MR) is 106 cm³/mol. The van der Waals surface area contributed by atoms with Gasteiger partial charge in [-0.05, 0) is 43.7 Å². The van der Waals surface area contributed by atoms with E-state index < -0.39 is 0 Å². The molecule has 7 heteroatoms. The van der Waals surface area contributed by atoms with Crippen molar-refractivity contribution in [3.8, 4) is 33.8 Å². The van der Waals surface area contributed by atoms with Gasteiger partial charge in [0.1, 0.15) is 17.3 Å². The normalized spacial score (nSPS) is 11.5. The number of aromatic hydroxyl groups is 1. The van der Waals surface area contributed by atoms with E-state index >= 15 is 0 Å². The van der Waals surface area contributed by atoms with Crippen LogP contribution in [0.3, 0.4) is 0 Å². The zero-order chi connectivity index (χ0) is 19.8. The first kappa shape index (κ1) is 17.7. The molecule has 0 radical (unpaired) electrons. The van der Waals surface area contributed by atoms with Gasteiger partial charge < -0.3 is 24.0 Å². The van der Waals surface area contributed by atoms with E-state index in [1.54, 1.807) is 12.1 Å². The van der Waals surface area contributed by atoms with Crippen molar-refractivity contribution in [1.82, 2.24) is 14.3 Å². The van der Waals surface area contributed by atoms with Crippen LogP contribution in [0.5, 0.6) is 5.75 Å². The largest absolute Gasteiger partial charge is 0.508 e. The maximum absolute atomic E-state index is 9.75. The summed E-state index contributed by atoms with van der Waals surface area (Å²) in [4.78, 5) is 0. The molecule has 0 bridgehead atoms. The van der Waals surface area contributed by atoms with Crippen LogP contribution in [-0.2, 0) is 7.05 Å². The topological polar surface area (TPSA) is 88.7 Å². The molecule has 0 spiro atoms. The van der Waals surface area contributed by atoms with Gasteiger partial charge in [0, 0.05) is 30.6 Å². The van der Waals surface area contributed by atoms with Crippen LogP contribution >= 0.6 is 0 Å². The summed E-state index contributed by atoms with van der Waals surface area (Å²) >= 11 is 0. The molecule has 0 aliphatic rings. The number of hydrogen-bond acceptors (Lipinski definition) is 5. The average molecular weight is 376 g/mol. The van der Waals surface area contributed by atoms with Crippen LogP contribution in [0, 0.1) is 13.8 Å². The first-order valence-corrected chi connectivity index (χ1v) is 8.79. The van der Waals surface area contributed by atoms with Crippen LogP contribution in [0.15, 0.2) is 58.5 Å². The number of phenolic OH excluding ortho intramolecular Hbond substituents is 1. The second-order valence-electron chi connectivity index (χ2n) is 6.60. The van der Waals surface area contributed by atoms with Crippen LogP contribution in [0.1, 0.15) is 17.1 Å². The van der Waals surface area contributed by atoms with Crippen LogP contribution in [0.2, 0.25) is 0 Å². The summed E-state index contributed by atoms with van der Waals surface area (Å²) in [7, 11) is 1.91. The van der Waals surface area contributed by atoms with Crippen molar-refractivity contribution in [2.75, 3.05) is 0 Å². The lowest BCUT2D eigenvalue weighted by atomic mass is 9.95. The van der Waals surface area contributed by atoms with E-state index in [1.165, 1.54) is 6.21 Å². The highest BCUT2D eigenvalue weighted by molar-refractivity contribution is 6.01. The van der Waals surface area contributed by atoms with E-state index in [9.17, 15) is 10.3 Å². The minimum atomic E-state index is 0.193. The molecule has 2 N–H and O–H groups in total. The lowest BCUT2D eigenvalue weighted by Gasteiger charge is -2.11. The highest BCUT2D eigenvalue weighted by Crippen LogP contribution is 2.43. The molecular weight excluding hydrogens is 356 g/mol. The van der Waals surface area contributed by atoms with Gasteiger partial charge in [0.25, 0.3) is 0 Å². The lowest BCUT2D eigenvalue weighted by molar-refractivity contribution is 0.321. The molecule has 28 heavy (non-hydrogen) atoms. The maximum Gasteiger partial charge on any atom is 0.141 e. The lowest BCUT2D eigenvalue weighted by Crippen LogP contribution is -2.03. The van der Waals surface area contributed by atoms with Gasteiger partial charge in [0.15, 0.2) is 0 Å². The first-order valence-electron chi connectivity index (χ1n) is 8.79. The second-order valence-corrected chi connectivity index (χ2v) is 6.60. The fraction of sp³-hybridized carbons (Fsp3) is 0.143. The SMILES string of the molecule is Cc1noc(C)c1-c1c(-c2ccc(O)cc2)c(-n2cccc2)n(C)c1/C=N/O. The molecule has 4 aromatic rings. The first-order chi connectivity index (χ1) is 13.5. The number of aryl methyl sites for hydroxylation is 2.